The fraction of sp³-hybridized carbons (Fsp3) is 0.500. The maximum Gasteiger partial charge on any atom is 0.252 e. The fourth-order valence-electron chi connectivity index (χ4n) is 2.06. The van der Waals surface area contributed by atoms with Gasteiger partial charge in [-0.1, -0.05) is 32.0 Å². The Hall–Kier alpha value is -1.84. The molecule has 0 radical (unpaired) electrons. The van der Waals surface area contributed by atoms with E-state index in [1.165, 1.54) is 0 Å². The van der Waals surface area contributed by atoms with E-state index in [0.717, 1.165) is 5.56 Å². The Labute approximate surface area is 121 Å². The predicted octanol–water partition coefficient (Wildman–Crippen LogP) is 2.28. The molecule has 4 heteroatoms. The Bertz CT molecular complexity index is 469. The van der Waals surface area contributed by atoms with Crippen LogP contribution in [0.3, 0.4) is 0 Å². The zero-order valence-corrected chi connectivity index (χ0v) is 12.7. The topological polar surface area (TPSA) is 58.2 Å². The molecule has 0 aliphatic heterocycles. The second-order valence-corrected chi connectivity index (χ2v) is 5.37. The summed E-state index contributed by atoms with van der Waals surface area (Å²) in [7, 11) is 0. The summed E-state index contributed by atoms with van der Waals surface area (Å²) in [5.41, 5.74) is 1.52. The van der Waals surface area contributed by atoms with E-state index < -0.39 is 6.04 Å². The van der Waals surface area contributed by atoms with Gasteiger partial charge in [-0.15, -0.1) is 0 Å². The molecule has 2 N–H and O–H groups in total. The number of aryl methyl sites for hydroxylation is 1. The van der Waals surface area contributed by atoms with Gasteiger partial charge < -0.3 is 10.6 Å². The van der Waals surface area contributed by atoms with Crippen LogP contribution in [0.4, 0.5) is 0 Å². The zero-order valence-electron chi connectivity index (χ0n) is 12.7. The van der Waals surface area contributed by atoms with E-state index in [0.29, 0.717) is 24.4 Å². The van der Waals surface area contributed by atoms with Crippen LogP contribution in [-0.2, 0) is 4.79 Å². The van der Waals surface area contributed by atoms with Crippen LogP contribution in [0.1, 0.15) is 43.1 Å². The summed E-state index contributed by atoms with van der Waals surface area (Å²) in [6.45, 7) is 8.39. The molecule has 1 aromatic carbocycles. The van der Waals surface area contributed by atoms with Gasteiger partial charge >= 0.3 is 0 Å². The summed E-state index contributed by atoms with van der Waals surface area (Å²) in [6, 6.07) is 6.89. The third-order valence-corrected chi connectivity index (χ3v) is 3.07. The average molecular weight is 276 g/mol. The molecule has 110 valence electrons. The van der Waals surface area contributed by atoms with Gasteiger partial charge in [-0.25, -0.2) is 0 Å². The van der Waals surface area contributed by atoms with Crippen molar-refractivity contribution in [1.82, 2.24) is 10.6 Å². The molecule has 0 aromatic heterocycles. The van der Waals surface area contributed by atoms with Gasteiger partial charge in [0.2, 0.25) is 5.91 Å². The summed E-state index contributed by atoms with van der Waals surface area (Å²) >= 11 is 0. The Kier molecular flexibility index (Phi) is 6.22. The molecular weight excluding hydrogens is 252 g/mol. The molecule has 4 nitrogen and oxygen atoms in total. The van der Waals surface area contributed by atoms with Crippen molar-refractivity contribution in [3.05, 3.63) is 35.4 Å². The van der Waals surface area contributed by atoms with E-state index in [1.807, 2.05) is 45.9 Å². The molecular formula is C16H24N2O2. The van der Waals surface area contributed by atoms with E-state index in [2.05, 4.69) is 10.6 Å². The highest BCUT2D eigenvalue weighted by atomic mass is 16.2. The normalized spacial score (nSPS) is 12.1. The Balaban J connectivity index is 2.81. The van der Waals surface area contributed by atoms with E-state index in [-0.39, 0.29) is 11.8 Å². The van der Waals surface area contributed by atoms with Gasteiger partial charge in [0.05, 0.1) is 0 Å². The third-order valence-electron chi connectivity index (χ3n) is 3.07. The first-order valence-corrected chi connectivity index (χ1v) is 7.09. The minimum atomic E-state index is -0.484. The lowest BCUT2D eigenvalue weighted by Crippen LogP contribution is -2.47. The number of likely N-dealkylation sites (N-methyl/N-ethyl adjacent to an activating group) is 1. The van der Waals surface area contributed by atoms with E-state index in [4.69, 9.17) is 0 Å². The summed E-state index contributed by atoms with van der Waals surface area (Å²) in [5.74, 6) is 0.0166. The fourth-order valence-corrected chi connectivity index (χ4v) is 2.06. The smallest absolute Gasteiger partial charge is 0.252 e. The maximum atomic E-state index is 12.3. The highest BCUT2D eigenvalue weighted by Crippen LogP contribution is 2.10. The molecule has 0 bridgehead atoms. The van der Waals surface area contributed by atoms with Crippen molar-refractivity contribution in [2.75, 3.05) is 6.54 Å². The second kappa shape index (κ2) is 7.68. The van der Waals surface area contributed by atoms with Crippen molar-refractivity contribution >= 4 is 11.8 Å². The average Bonchev–Trinajstić information content (AvgIpc) is 2.38. The van der Waals surface area contributed by atoms with Crippen LogP contribution in [-0.4, -0.2) is 24.4 Å². The minimum absolute atomic E-state index is 0.122. The van der Waals surface area contributed by atoms with Gasteiger partial charge in [-0.2, -0.15) is 0 Å². The first kappa shape index (κ1) is 16.2. The van der Waals surface area contributed by atoms with Crippen molar-refractivity contribution in [3.8, 4) is 0 Å². The number of carbonyl (C=O) groups is 2. The summed E-state index contributed by atoms with van der Waals surface area (Å²) < 4.78 is 0. The molecule has 0 aliphatic rings. The maximum absolute atomic E-state index is 12.3. The van der Waals surface area contributed by atoms with Crippen LogP contribution in [0, 0.1) is 12.8 Å². The minimum Gasteiger partial charge on any atom is -0.355 e. The molecule has 1 unspecified atom stereocenters. The van der Waals surface area contributed by atoms with Crippen LogP contribution >= 0.6 is 0 Å². The first-order chi connectivity index (χ1) is 9.45. The van der Waals surface area contributed by atoms with Gasteiger partial charge in [0.1, 0.15) is 6.04 Å². The second-order valence-electron chi connectivity index (χ2n) is 5.37. The lowest BCUT2D eigenvalue weighted by molar-refractivity contribution is -0.123. The number of nitrogens with one attached hydrogen (secondary N) is 2. The number of hydrogen-bond donors (Lipinski definition) is 2. The van der Waals surface area contributed by atoms with Crippen LogP contribution < -0.4 is 10.6 Å². The number of carbonyl (C=O) groups excluding carboxylic acids is 2. The molecule has 2 amide bonds. The van der Waals surface area contributed by atoms with Gasteiger partial charge in [0.15, 0.2) is 0 Å². The number of amides is 2. The van der Waals surface area contributed by atoms with Crippen molar-refractivity contribution in [3.63, 3.8) is 0 Å². The molecule has 1 aromatic rings. The molecule has 20 heavy (non-hydrogen) atoms. The zero-order chi connectivity index (χ0) is 15.1. The van der Waals surface area contributed by atoms with Crippen LogP contribution in [0.5, 0.6) is 0 Å². The molecule has 0 spiro atoms. The first-order valence-electron chi connectivity index (χ1n) is 7.09. The Morgan fingerprint density at radius 1 is 1.20 bits per heavy atom. The predicted molar refractivity (Wildman–Crippen MR) is 80.6 cm³/mol. The third kappa shape index (κ3) is 4.68. The largest absolute Gasteiger partial charge is 0.355 e. The quantitative estimate of drug-likeness (QED) is 0.837. The summed E-state index contributed by atoms with van der Waals surface area (Å²) in [4.78, 5) is 24.3. The highest BCUT2D eigenvalue weighted by molar-refractivity contribution is 5.98. The molecule has 0 saturated carbocycles. The van der Waals surface area contributed by atoms with Crippen molar-refractivity contribution in [2.24, 2.45) is 5.92 Å². The van der Waals surface area contributed by atoms with Gasteiger partial charge in [0.25, 0.3) is 5.91 Å². The Morgan fingerprint density at radius 2 is 1.85 bits per heavy atom. The molecule has 0 fully saturated rings. The van der Waals surface area contributed by atoms with Gasteiger partial charge in [-0.05, 0) is 37.8 Å². The van der Waals surface area contributed by atoms with Crippen LogP contribution in [0.15, 0.2) is 24.3 Å². The van der Waals surface area contributed by atoms with E-state index in [9.17, 15) is 9.59 Å². The van der Waals surface area contributed by atoms with Crippen LogP contribution in [0.25, 0.3) is 0 Å². The van der Waals surface area contributed by atoms with Crippen molar-refractivity contribution in [2.45, 2.75) is 40.2 Å². The molecule has 0 heterocycles. The van der Waals surface area contributed by atoms with E-state index >= 15 is 0 Å². The molecule has 0 saturated heterocycles. The lowest BCUT2D eigenvalue weighted by Gasteiger charge is -2.20. The highest BCUT2D eigenvalue weighted by Gasteiger charge is 2.22. The SMILES string of the molecule is CCNC(=O)C(CC(C)C)NC(=O)c1ccccc1C. The van der Waals surface area contributed by atoms with Crippen molar-refractivity contribution in [1.29, 1.82) is 0 Å². The van der Waals surface area contributed by atoms with Crippen LogP contribution in [0.2, 0.25) is 0 Å². The van der Waals surface area contributed by atoms with Gasteiger partial charge in [-0.3, -0.25) is 9.59 Å². The molecule has 1 atom stereocenters. The van der Waals surface area contributed by atoms with Crippen molar-refractivity contribution < 1.29 is 9.59 Å². The Morgan fingerprint density at radius 3 is 2.40 bits per heavy atom. The molecule has 0 aliphatic carbocycles. The summed E-state index contributed by atoms with van der Waals surface area (Å²) in [5, 5.41) is 5.61. The standard InChI is InChI=1S/C16H24N2O2/c1-5-17-16(20)14(10-11(2)3)18-15(19)13-9-7-6-8-12(13)4/h6-9,11,14H,5,10H2,1-4H3,(H,17,20)(H,18,19). The van der Waals surface area contributed by atoms with Gasteiger partial charge in [0, 0.05) is 12.1 Å². The lowest BCUT2D eigenvalue weighted by atomic mass is 10.0. The summed E-state index contributed by atoms with van der Waals surface area (Å²) in [6.07, 6.45) is 0.628. The number of rotatable bonds is 6. The van der Waals surface area contributed by atoms with E-state index in [1.54, 1.807) is 6.07 Å². The number of benzene rings is 1. The molecule has 1 rings (SSSR count). The number of hydrogen-bond acceptors (Lipinski definition) is 2. The monoisotopic (exact) mass is 276 g/mol.